The maximum Gasteiger partial charge on any atom is 0.141 e. The predicted molar refractivity (Wildman–Crippen MR) is 208 cm³/mol. The van der Waals surface area contributed by atoms with Gasteiger partial charge in [0.25, 0.3) is 0 Å². The molecule has 5 aromatic rings. The van der Waals surface area contributed by atoms with Crippen LogP contribution in [0.2, 0.25) is 0 Å². The Hall–Kier alpha value is -5.90. The fourth-order valence-corrected chi connectivity index (χ4v) is 6.39. The van der Waals surface area contributed by atoms with Crippen LogP contribution >= 0.6 is 0 Å². The van der Waals surface area contributed by atoms with Crippen molar-refractivity contribution in [2.75, 3.05) is 26.4 Å². The molecule has 9 nitrogen and oxygen atoms in total. The molecule has 0 amide bonds. The van der Waals surface area contributed by atoms with Gasteiger partial charge in [-0.1, -0.05) is 24.3 Å². The summed E-state index contributed by atoms with van der Waals surface area (Å²) in [6, 6.07) is 12.5. The van der Waals surface area contributed by atoms with Gasteiger partial charge in [-0.3, -0.25) is 4.98 Å². The lowest BCUT2D eigenvalue weighted by atomic mass is 10.1. The smallest absolute Gasteiger partial charge is 0.141 e. The highest BCUT2D eigenvalue weighted by Crippen LogP contribution is 2.31. The van der Waals surface area contributed by atoms with Crippen molar-refractivity contribution in [1.29, 1.82) is 0 Å². The molecule has 2 aliphatic heterocycles. The number of nitrogens with one attached hydrogen (secondary N) is 3. The molecule has 5 aromatic heterocycles. The third kappa shape index (κ3) is 7.80. The molecular formula is C42H41N7O2. The summed E-state index contributed by atoms with van der Waals surface area (Å²) in [6.07, 6.45) is 26.6. The zero-order valence-corrected chi connectivity index (χ0v) is 28.6. The van der Waals surface area contributed by atoms with Crippen molar-refractivity contribution in [2.45, 2.75) is 25.7 Å². The van der Waals surface area contributed by atoms with Gasteiger partial charge in [-0.2, -0.15) is 0 Å². The summed E-state index contributed by atoms with van der Waals surface area (Å²) < 4.78 is 11.5. The lowest BCUT2D eigenvalue weighted by Gasteiger charge is -2.05. The van der Waals surface area contributed by atoms with Crippen molar-refractivity contribution in [3.63, 3.8) is 0 Å². The number of aromatic amines is 3. The largest absolute Gasteiger partial charge is 0.377 e. The van der Waals surface area contributed by atoms with Crippen LogP contribution in [0, 0.1) is 0 Å². The highest BCUT2D eigenvalue weighted by molar-refractivity contribution is 5.91. The topological polar surface area (TPSA) is 117 Å². The molecule has 9 heteroatoms. The minimum Gasteiger partial charge on any atom is -0.377 e. The number of aryl methyl sites for hydroxylation is 2. The molecule has 0 saturated heterocycles. The molecule has 51 heavy (non-hydrogen) atoms. The number of imidazole rings is 1. The number of H-pyrrole nitrogens is 3. The Morgan fingerprint density at radius 2 is 1.22 bits per heavy atom. The Morgan fingerprint density at radius 3 is 1.86 bits per heavy atom. The minimum atomic E-state index is 0.527. The number of rotatable bonds is 15. The van der Waals surface area contributed by atoms with Crippen LogP contribution in [-0.2, 0) is 22.3 Å². The van der Waals surface area contributed by atoms with E-state index in [0.29, 0.717) is 26.4 Å². The highest BCUT2D eigenvalue weighted by Gasteiger charge is 2.17. The molecule has 0 aliphatic carbocycles. The van der Waals surface area contributed by atoms with Crippen molar-refractivity contribution < 1.29 is 9.47 Å². The highest BCUT2D eigenvalue weighted by atomic mass is 16.5. The normalized spacial score (nSPS) is 12.2. The summed E-state index contributed by atoms with van der Waals surface area (Å²) in [5.41, 5.74) is 12.5. The number of pyridine rings is 1. The van der Waals surface area contributed by atoms with E-state index in [4.69, 9.17) is 19.4 Å². The van der Waals surface area contributed by atoms with Gasteiger partial charge in [-0.25, -0.2) is 15.0 Å². The second-order valence-corrected chi connectivity index (χ2v) is 12.2. The van der Waals surface area contributed by atoms with Crippen LogP contribution in [-0.4, -0.2) is 61.3 Å². The van der Waals surface area contributed by atoms with Crippen molar-refractivity contribution in [3.8, 4) is 11.4 Å². The van der Waals surface area contributed by atoms with Crippen molar-refractivity contribution in [2.24, 2.45) is 0 Å². The maximum absolute atomic E-state index is 5.76. The zero-order valence-electron chi connectivity index (χ0n) is 28.6. The van der Waals surface area contributed by atoms with E-state index in [9.17, 15) is 0 Å². The average Bonchev–Trinajstić information content (AvgIpc) is 4.01. The molecule has 256 valence electrons. The Morgan fingerprint density at radius 1 is 0.627 bits per heavy atom. The minimum absolute atomic E-state index is 0.527. The lowest BCUT2D eigenvalue weighted by Crippen LogP contribution is -1.99. The van der Waals surface area contributed by atoms with Crippen LogP contribution in [0.25, 0.3) is 69.9 Å². The molecular weight excluding hydrogens is 635 g/mol. The summed E-state index contributed by atoms with van der Waals surface area (Å²) in [4.78, 5) is 30.1. The van der Waals surface area contributed by atoms with Crippen LogP contribution in [0.15, 0.2) is 86.5 Å². The predicted octanol–water partition coefficient (Wildman–Crippen LogP) is 8.88. The SMILES string of the molecule is C=CCOCCCc1c2nc(c(-c3ncc[nH]3)c3ccc([nH]3)c(CCCOCC=C)c3nc(c(/C=C/c4ccncc4)c4ccc1[nH]4)C=C3)C=C2. The van der Waals surface area contributed by atoms with Gasteiger partial charge in [0.1, 0.15) is 5.82 Å². The molecule has 8 bridgehead atoms. The van der Waals surface area contributed by atoms with E-state index in [0.717, 1.165) is 104 Å². The number of ether oxygens (including phenoxy) is 2. The van der Waals surface area contributed by atoms with E-state index in [1.165, 1.54) is 0 Å². The Balaban J connectivity index is 1.49. The van der Waals surface area contributed by atoms with Crippen LogP contribution in [0.3, 0.4) is 0 Å². The van der Waals surface area contributed by atoms with Crippen LogP contribution < -0.4 is 0 Å². The molecule has 0 saturated carbocycles. The lowest BCUT2D eigenvalue weighted by molar-refractivity contribution is 0.160. The summed E-state index contributed by atoms with van der Waals surface area (Å²) in [6.45, 7) is 9.85. The van der Waals surface area contributed by atoms with E-state index < -0.39 is 0 Å². The standard InChI is InChI=1S/C42H41N7O2/c1-3-25-50-27-5-7-30-33-11-13-37(46-33)32(10-9-29-19-21-43-22-20-29)38-14-12-34(47-38)31(8-6-28-51-26-4-2)36-16-18-40(49-36)41(42-44-23-24-45-42)39-17-15-35(30)48-39/h3-4,9-24,46,49H,1-2,5-8,25-28H2,(H,44,45)/b10-9+,33-30?,34-31?,35-30?,36-31?,37-32?,38-32?,41-39?,41-40?. The average molecular weight is 676 g/mol. The maximum atomic E-state index is 5.76. The van der Waals surface area contributed by atoms with Gasteiger partial charge in [0.15, 0.2) is 0 Å². The first-order chi connectivity index (χ1) is 25.2. The molecule has 7 heterocycles. The van der Waals surface area contributed by atoms with E-state index in [-0.39, 0.29) is 0 Å². The van der Waals surface area contributed by atoms with E-state index in [1.54, 1.807) is 30.7 Å². The van der Waals surface area contributed by atoms with Crippen molar-refractivity contribution in [1.82, 2.24) is 34.9 Å². The fourth-order valence-electron chi connectivity index (χ4n) is 6.39. The molecule has 0 spiro atoms. The van der Waals surface area contributed by atoms with E-state index in [2.05, 4.69) is 98.8 Å². The third-order valence-electron chi connectivity index (χ3n) is 8.80. The number of hydrogen-bond donors (Lipinski definition) is 3. The number of nitrogens with zero attached hydrogens (tertiary/aromatic N) is 4. The second kappa shape index (κ2) is 16.2. The van der Waals surface area contributed by atoms with Gasteiger partial charge in [0.2, 0.25) is 0 Å². The van der Waals surface area contributed by atoms with Gasteiger partial charge < -0.3 is 24.4 Å². The number of hydrogen-bond acceptors (Lipinski definition) is 6. The van der Waals surface area contributed by atoms with E-state index >= 15 is 0 Å². The first kappa shape index (κ1) is 33.6. The van der Waals surface area contributed by atoms with Gasteiger partial charge in [-0.05, 0) is 91.9 Å². The molecule has 0 atom stereocenters. The van der Waals surface area contributed by atoms with Gasteiger partial charge in [0.05, 0.1) is 47.1 Å². The van der Waals surface area contributed by atoms with Crippen LogP contribution in [0.4, 0.5) is 0 Å². The molecule has 0 unspecified atom stereocenters. The first-order valence-electron chi connectivity index (χ1n) is 17.3. The van der Waals surface area contributed by atoms with Crippen molar-refractivity contribution in [3.05, 3.63) is 132 Å². The summed E-state index contributed by atoms with van der Waals surface area (Å²) in [5.74, 6) is 0.740. The quantitative estimate of drug-likeness (QED) is 0.0738. The summed E-state index contributed by atoms with van der Waals surface area (Å²) >= 11 is 0. The molecule has 7 rings (SSSR count). The monoisotopic (exact) mass is 675 g/mol. The van der Waals surface area contributed by atoms with Crippen molar-refractivity contribution >= 4 is 58.5 Å². The second-order valence-electron chi connectivity index (χ2n) is 12.2. The summed E-state index contributed by atoms with van der Waals surface area (Å²) in [7, 11) is 0. The van der Waals surface area contributed by atoms with Gasteiger partial charge in [0, 0.05) is 71.2 Å². The molecule has 0 radical (unpaired) electrons. The number of aromatic nitrogens is 7. The zero-order chi connectivity index (χ0) is 34.8. The molecule has 0 fully saturated rings. The van der Waals surface area contributed by atoms with Crippen LogP contribution in [0.1, 0.15) is 57.9 Å². The third-order valence-corrected chi connectivity index (χ3v) is 8.80. The Bertz CT molecular complexity index is 2240. The molecule has 2 aliphatic rings. The van der Waals surface area contributed by atoms with Gasteiger partial charge in [-0.15, -0.1) is 13.2 Å². The molecule has 3 N–H and O–H groups in total. The summed E-state index contributed by atoms with van der Waals surface area (Å²) in [5, 5.41) is 0. The molecule has 0 aromatic carbocycles. The Labute approximate surface area is 297 Å². The Kier molecular flexibility index (Phi) is 10.7. The van der Waals surface area contributed by atoms with Crippen LogP contribution in [0.5, 0.6) is 0 Å². The first-order valence-corrected chi connectivity index (χ1v) is 17.3. The van der Waals surface area contributed by atoms with Gasteiger partial charge >= 0.3 is 0 Å². The number of fused-ring (bicyclic) bond motifs is 8. The van der Waals surface area contributed by atoms with E-state index in [1.807, 2.05) is 18.3 Å². The fraction of sp³-hybridized carbons (Fsp3) is 0.190.